The second-order valence-electron chi connectivity index (χ2n) is 4.90. The maximum absolute atomic E-state index is 3.54. The summed E-state index contributed by atoms with van der Waals surface area (Å²) in [6.45, 7) is 2.28. The SMILES string of the molecule is Brc1ccc2[nH]cc(CCNCC3CC3)c2c1. The van der Waals surface area contributed by atoms with Gasteiger partial charge < -0.3 is 10.3 Å². The molecule has 17 heavy (non-hydrogen) atoms. The van der Waals surface area contributed by atoms with Crippen LogP contribution in [0.25, 0.3) is 10.9 Å². The lowest BCUT2D eigenvalue weighted by molar-refractivity contribution is 0.638. The van der Waals surface area contributed by atoms with Crippen LogP contribution in [0, 0.1) is 5.92 Å². The van der Waals surface area contributed by atoms with Gasteiger partial charge in [0.2, 0.25) is 0 Å². The number of hydrogen-bond donors (Lipinski definition) is 2. The summed E-state index contributed by atoms with van der Waals surface area (Å²) in [6, 6.07) is 6.40. The zero-order valence-electron chi connectivity index (χ0n) is 9.80. The van der Waals surface area contributed by atoms with Crippen LogP contribution in [-0.4, -0.2) is 18.1 Å². The van der Waals surface area contributed by atoms with Gasteiger partial charge in [0.25, 0.3) is 0 Å². The van der Waals surface area contributed by atoms with Crippen molar-refractivity contribution >= 4 is 26.8 Å². The molecule has 2 N–H and O–H groups in total. The summed E-state index contributed by atoms with van der Waals surface area (Å²) < 4.78 is 1.15. The smallest absolute Gasteiger partial charge is 0.0457 e. The summed E-state index contributed by atoms with van der Waals surface area (Å²) >= 11 is 3.53. The summed E-state index contributed by atoms with van der Waals surface area (Å²) in [4.78, 5) is 3.33. The fourth-order valence-corrected chi connectivity index (χ4v) is 2.57. The molecule has 1 aromatic heterocycles. The van der Waals surface area contributed by atoms with Crippen molar-refractivity contribution in [2.45, 2.75) is 19.3 Å². The highest BCUT2D eigenvalue weighted by atomic mass is 79.9. The topological polar surface area (TPSA) is 27.8 Å². The number of aromatic amines is 1. The third-order valence-corrected chi connectivity index (χ3v) is 3.92. The number of hydrogen-bond acceptors (Lipinski definition) is 1. The van der Waals surface area contributed by atoms with E-state index in [0.29, 0.717) is 0 Å². The molecule has 1 aromatic carbocycles. The van der Waals surface area contributed by atoms with E-state index in [0.717, 1.165) is 23.4 Å². The predicted molar refractivity (Wildman–Crippen MR) is 75.3 cm³/mol. The molecule has 1 aliphatic carbocycles. The van der Waals surface area contributed by atoms with Gasteiger partial charge in [0.15, 0.2) is 0 Å². The van der Waals surface area contributed by atoms with E-state index in [4.69, 9.17) is 0 Å². The van der Waals surface area contributed by atoms with Crippen molar-refractivity contribution in [3.63, 3.8) is 0 Å². The van der Waals surface area contributed by atoms with Crippen molar-refractivity contribution < 1.29 is 0 Å². The molecule has 1 heterocycles. The predicted octanol–water partition coefficient (Wildman–Crippen LogP) is 3.47. The summed E-state index contributed by atoms with van der Waals surface area (Å²) in [5.41, 5.74) is 2.63. The van der Waals surface area contributed by atoms with Crippen LogP contribution in [0.2, 0.25) is 0 Å². The lowest BCUT2D eigenvalue weighted by Crippen LogP contribution is -2.19. The third kappa shape index (κ3) is 2.72. The molecule has 2 aromatic rings. The number of benzene rings is 1. The monoisotopic (exact) mass is 292 g/mol. The highest BCUT2D eigenvalue weighted by Gasteiger charge is 2.19. The Hall–Kier alpha value is -0.800. The molecule has 3 rings (SSSR count). The zero-order valence-corrected chi connectivity index (χ0v) is 11.4. The van der Waals surface area contributed by atoms with E-state index >= 15 is 0 Å². The maximum atomic E-state index is 3.54. The van der Waals surface area contributed by atoms with Crippen molar-refractivity contribution in [2.24, 2.45) is 5.92 Å². The molecule has 1 saturated carbocycles. The first-order chi connectivity index (χ1) is 8.33. The van der Waals surface area contributed by atoms with Gasteiger partial charge in [-0.05, 0) is 62.0 Å². The first kappa shape index (κ1) is 11.3. The van der Waals surface area contributed by atoms with Gasteiger partial charge in [-0.2, -0.15) is 0 Å². The minimum Gasteiger partial charge on any atom is -0.361 e. The fraction of sp³-hybridized carbons (Fsp3) is 0.429. The summed E-state index contributed by atoms with van der Waals surface area (Å²) in [7, 11) is 0. The molecule has 0 unspecified atom stereocenters. The van der Waals surface area contributed by atoms with Crippen molar-refractivity contribution in [2.75, 3.05) is 13.1 Å². The summed E-state index contributed by atoms with van der Waals surface area (Å²) in [5, 5.41) is 4.88. The Kier molecular flexibility index (Phi) is 3.21. The third-order valence-electron chi connectivity index (χ3n) is 3.43. The van der Waals surface area contributed by atoms with Crippen LogP contribution in [0.5, 0.6) is 0 Å². The molecule has 90 valence electrons. The maximum Gasteiger partial charge on any atom is 0.0457 e. The second kappa shape index (κ2) is 4.83. The van der Waals surface area contributed by atoms with Crippen molar-refractivity contribution in [1.82, 2.24) is 10.3 Å². The van der Waals surface area contributed by atoms with Gasteiger partial charge in [-0.3, -0.25) is 0 Å². The second-order valence-corrected chi connectivity index (χ2v) is 5.82. The van der Waals surface area contributed by atoms with E-state index in [9.17, 15) is 0 Å². The Morgan fingerprint density at radius 2 is 2.24 bits per heavy atom. The minimum atomic E-state index is 0.965. The van der Waals surface area contributed by atoms with E-state index < -0.39 is 0 Å². The van der Waals surface area contributed by atoms with Crippen LogP contribution in [0.1, 0.15) is 18.4 Å². The normalized spacial score (nSPS) is 15.6. The number of H-pyrrole nitrogens is 1. The van der Waals surface area contributed by atoms with Crippen LogP contribution >= 0.6 is 15.9 Å². The molecule has 0 amide bonds. The highest BCUT2D eigenvalue weighted by molar-refractivity contribution is 9.10. The number of nitrogens with one attached hydrogen (secondary N) is 2. The standard InChI is InChI=1S/C14H17BrN2/c15-12-3-4-14-13(7-12)11(9-17-14)5-6-16-8-10-1-2-10/h3-4,7,9-10,16-17H,1-2,5-6,8H2. The Balaban J connectivity index is 1.64. The average Bonchev–Trinajstić information content (AvgIpc) is 3.07. The lowest BCUT2D eigenvalue weighted by atomic mass is 10.1. The number of fused-ring (bicyclic) bond motifs is 1. The van der Waals surface area contributed by atoms with Gasteiger partial charge in [0.05, 0.1) is 0 Å². The quantitative estimate of drug-likeness (QED) is 0.812. The molecule has 1 fully saturated rings. The van der Waals surface area contributed by atoms with Gasteiger partial charge in [-0.15, -0.1) is 0 Å². The van der Waals surface area contributed by atoms with Crippen LogP contribution < -0.4 is 5.32 Å². The molecule has 1 aliphatic rings. The van der Waals surface area contributed by atoms with E-state index in [1.54, 1.807) is 0 Å². The molecule has 3 heteroatoms. The van der Waals surface area contributed by atoms with Gasteiger partial charge in [0.1, 0.15) is 0 Å². The Morgan fingerprint density at radius 1 is 1.35 bits per heavy atom. The van der Waals surface area contributed by atoms with Crippen molar-refractivity contribution in [3.8, 4) is 0 Å². The van der Waals surface area contributed by atoms with Gasteiger partial charge in [0, 0.05) is 21.6 Å². The molecule has 0 atom stereocenters. The zero-order chi connectivity index (χ0) is 11.7. The molecular weight excluding hydrogens is 276 g/mol. The van der Waals surface area contributed by atoms with Crippen LogP contribution in [0.15, 0.2) is 28.9 Å². The highest BCUT2D eigenvalue weighted by Crippen LogP contribution is 2.27. The minimum absolute atomic E-state index is 0.965. The van der Waals surface area contributed by atoms with Crippen LogP contribution in [0.3, 0.4) is 0 Å². The van der Waals surface area contributed by atoms with Gasteiger partial charge >= 0.3 is 0 Å². The Morgan fingerprint density at radius 3 is 3.06 bits per heavy atom. The lowest BCUT2D eigenvalue weighted by Gasteiger charge is -2.02. The molecule has 0 aliphatic heterocycles. The molecular formula is C14H17BrN2. The molecule has 0 saturated heterocycles. The molecule has 0 spiro atoms. The number of aromatic nitrogens is 1. The summed E-state index contributed by atoms with van der Waals surface area (Å²) in [6.07, 6.45) is 6.08. The van der Waals surface area contributed by atoms with E-state index in [-0.39, 0.29) is 0 Å². The van der Waals surface area contributed by atoms with Crippen LogP contribution in [0.4, 0.5) is 0 Å². The Bertz CT molecular complexity index is 514. The van der Waals surface area contributed by atoms with E-state index in [1.807, 2.05) is 0 Å². The van der Waals surface area contributed by atoms with Crippen molar-refractivity contribution in [3.05, 3.63) is 34.4 Å². The molecule has 0 bridgehead atoms. The fourth-order valence-electron chi connectivity index (χ4n) is 2.21. The van der Waals surface area contributed by atoms with Gasteiger partial charge in [-0.1, -0.05) is 15.9 Å². The van der Waals surface area contributed by atoms with E-state index in [2.05, 4.69) is 50.6 Å². The Labute approximate surface area is 110 Å². The average molecular weight is 293 g/mol. The van der Waals surface area contributed by atoms with Crippen LogP contribution in [-0.2, 0) is 6.42 Å². The first-order valence-electron chi connectivity index (χ1n) is 6.29. The molecule has 2 nitrogen and oxygen atoms in total. The summed E-state index contributed by atoms with van der Waals surface area (Å²) in [5.74, 6) is 0.965. The van der Waals surface area contributed by atoms with Gasteiger partial charge in [-0.25, -0.2) is 0 Å². The van der Waals surface area contributed by atoms with E-state index in [1.165, 1.54) is 35.9 Å². The number of halogens is 1. The van der Waals surface area contributed by atoms with Crippen molar-refractivity contribution in [1.29, 1.82) is 0 Å². The first-order valence-corrected chi connectivity index (χ1v) is 7.08. The number of rotatable bonds is 5. The molecule has 0 radical (unpaired) electrons. The largest absolute Gasteiger partial charge is 0.361 e.